The number of esters is 1. The van der Waals surface area contributed by atoms with Crippen molar-refractivity contribution in [2.24, 2.45) is 11.8 Å². The van der Waals surface area contributed by atoms with E-state index in [0.717, 1.165) is 6.42 Å². The fourth-order valence-corrected chi connectivity index (χ4v) is 5.33. The Labute approximate surface area is 209 Å². The number of carbonyl (C=O) groups excluding carboxylic acids is 4. The molecule has 4 atom stereocenters. The third-order valence-electron chi connectivity index (χ3n) is 7.27. The maximum Gasteiger partial charge on any atom is 0.338 e. The zero-order chi connectivity index (χ0) is 25.2. The van der Waals surface area contributed by atoms with Crippen molar-refractivity contribution < 1.29 is 23.9 Å². The molecule has 1 aliphatic carbocycles. The topological polar surface area (TPSA) is 80.8 Å². The summed E-state index contributed by atoms with van der Waals surface area (Å²) in [4.78, 5) is 52.8. The molecule has 5 rings (SSSR count). The molecule has 1 heterocycles. The number of anilines is 1. The van der Waals surface area contributed by atoms with Crippen LogP contribution >= 0.6 is 0 Å². The van der Waals surface area contributed by atoms with E-state index in [2.05, 4.69) is 12.1 Å². The van der Waals surface area contributed by atoms with Gasteiger partial charge in [-0.2, -0.15) is 0 Å². The van der Waals surface area contributed by atoms with Crippen molar-refractivity contribution in [2.45, 2.75) is 38.2 Å². The SMILES string of the molecule is C[C@@H](OC(=O)c1ccc(N2C(=O)[C@H]3CC[C@H](c4ccccc4)C[C@@H]3C2=O)cc1)C(=O)c1ccccc1. The average molecular weight is 482 g/mol. The van der Waals surface area contributed by atoms with Crippen LogP contribution in [-0.2, 0) is 14.3 Å². The Kier molecular flexibility index (Phi) is 6.51. The van der Waals surface area contributed by atoms with E-state index < -0.39 is 12.1 Å². The Morgan fingerprint density at radius 3 is 2.06 bits per heavy atom. The van der Waals surface area contributed by atoms with Crippen LogP contribution in [0.15, 0.2) is 84.9 Å². The fourth-order valence-electron chi connectivity index (χ4n) is 5.33. The van der Waals surface area contributed by atoms with Crippen molar-refractivity contribution in [3.8, 4) is 0 Å². The van der Waals surface area contributed by atoms with Crippen molar-refractivity contribution in [1.29, 1.82) is 0 Å². The van der Waals surface area contributed by atoms with Crippen LogP contribution in [0, 0.1) is 11.8 Å². The fraction of sp³-hybridized carbons (Fsp3) is 0.267. The van der Waals surface area contributed by atoms with Gasteiger partial charge in [-0.05, 0) is 61.9 Å². The predicted molar refractivity (Wildman–Crippen MR) is 135 cm³/mol. The van der Waals surface area contributed by atoms with Gasteiger partial charge >= 0.3 is 5.97 Å². The molecule has 2 aliphatic rings. The lowest BCUT2D eigenvalue weighted by Gasteiger charge is -2.28. The number of ketones is 1. The molecule has 2 fully saturated rings. The standard InChI is InChI=1S/C30H27NO5/c1-19(27(32)21-10-6-3-7-11-21)36-30(35)22-12-15-24(16-13-22)31-28(33)25-17-14-23(18-26(25)29(31)34)20-8-4-2-5-9-20/h2-13,15-16,19,23,25-26H,14,17-18H2,1H3/t19-,23+,25+,26+/m1/s1. The van der Waals surface area contributed by atoms with Gasteiger partial charge in [0.1, 0.15) is 0 Å². The van der Waals surface area contributed by atoms with E-state index in [1.54, 1.807) is 42.5 Å². The number of imide groups is 1. The lowest BCUT2D eigenvalue weighted by molar-refractivity contribution is -0.122. The number of hydrogen-bond acceptors (Lipinski definition) is 5. The number of amides is 2. The minimum absolute atomic E-state index is 0.172. The summed E-state index contributed by atoms with van der Waals surface area (Å²) in [5, 5.41) is 0. The zero-order valence-corrected chi connectivity index (χ0v) is 20.0. The van der Waals surface area contributed by atoms with Gasteiger partial charge in [-0.3, -0.25) is 19.3 Å². The van der Waals surface area contributed by atoms with Crippen LogP contribution in [0.25, 0.3) is 0 Å². The van der Waals surface area contributed by atoms with E-state index in [-0.39, 0.29) is 40.9 Å². The zero-order valence-electron chi connectivity index (χ0n) is 20.0. The third kappa shape index (κ3) is 4.47. The first-order chi connectivity index (χ1) is 17.4. The summed E-state index contributed by atoms with van der Waals surface area (Å²) in [7, 11) is 0. The Bertz CT molecular complexity index is 1290. The second kappa shape index (κ2) is 9.90. The summed E-state index contributed by atoms with van der Waals surface area (Å²) in [6, 6.07) is 25.0. The quantitative estimate of drug-likeness (QED) is 0.275. The first-order valence-electron chi connectivity index (χ1n) is 12.3. The van der Waals surface area contributed by atoms with Crippen LogP contribution in [0.2, 0.25) is 0 Å². The molecule has 0 spiro atoms. The molecule has 2 amide bonds. The molecule has 6 heteroatoms. The predicted octanol–water partition coefficient (Wildman–Crippen LogP) is 5.19. The summed E-state index contributed by atoms with van der Waals surface area (Å²) in [5.74, 6) is -1.64. The number of fused-ring (bicyclic) bond motifs is 1. The van der Waals surface area contributed by atoms with Crippen LogP contribution in [0.5, 0.6) is 0 Å². The van der Waals surface area contributed by atoms with E-state index in [1.807, 2.05) is 18.2 Å². The van der Waals surface area contributed by atoms with E-state index in [9.17, 15) is 19.2 Å². The molecule has 0 bridgehead atoms. The van der Waals surface area contributed by atoms with Gasteiger partial charge < -0.3 is 4.74 Å². The summed E-state index contributed by atoms with van der Waals surface area (Å²) in [5.41, 5.74) is 2.36. The molecule has 6 nitrogen and oxygen atoms in total. The molecule has 0 N–H and O–H groups in total. The average Bonchev–Trinajstić information content (AvgIpc) is 3.18. The second-order valence-corrected chi connectivity index (χ2v) is 9.47. The minimum atomic E-state index is -0.943. The maximum absolute atomic E-state index is 13.3. The van der Waals surface area contributed by atoms with E-state index in [4.69, 9.17) is 4.74 Å². The number of Topliss-reactive ketones (excluding diaryl/α,β-unsaturated/α-hetero) is 1. The van der Waals surface area contributed by atoms with Gasteiger partial charge in [0, 0.05) is 5.56 Å². The number of rotatable bonds is 6. The van der Waals surface area contributed by atoms with Crippen LogP contribution in [0.3, 0.4) is 0 Å². The minimum Gasteiger partial charge on any atom is -0.451 e. The molecule has 0 unspecified atom stereocenters. The summed E-state index contributed by atoms with van der Waals surface area (Å²) < 4.78 is 5.36. The molecule has 1 saturated heterocycles. The normalized spacial score (nSPS) is 22.1. The van der Waals surface area contributed by atoms with Crippen molar-refractivity contribution in [3.05, 3.63) is 102 Å². The Balaban J connectivity index is 1.26. The van der Waals surface area contributed by atoms with Gasteiger partial charge in [-0.25, -0.2) is 4.79 Å². The molecule has 3 aromatic carbocycles. The van der Waals surface area contributed by atoms with Gasteiger partial charge in [0.15, 0.2) is 6.10 Å². The molecular formula is C30H27NO5. The highest BCUT2D eigenvalue weighted by Crippen LogP contribution is 2.45. The second-order valence-electron chi connectivity index (χ2n) is 9.47. The largest absolute Gasteiger partial charge is 0.451 e. The first-order valence-corrected chi connectivity index (χ1v) is 12.3. The van der Waals surface area contributed by atoms with Gasteiger partial charge in [-0.1, -0.05) is 60.7 Å². The van der Waals surface area contributed by atoms with Crippen LogP contribution in [0.1, 0.15) is 58.4 Å². The number of hydrogen-bond donors (Lipinski definition) is 0. The van der Waals surface area contributed by atoms with Crippen LogP contribution in [0.4, 0.5) is 5.69 Å². The van der Waals surface area contributed by atoms with Crippen molar-refractivity contribution in [2.75, 3.05) is 4.90 Å². The van der Waals surface area contributed by atoms with Crippen molar-refractivity contribution in [1.82, 2.24) is 0 Å². The number of nitrogens with zero attached hydrogens (tertiary/aromatic N) is 1. The highest BCUT2D eigenvalue weighted by Gasteiger charge is 2.50. The molecule has 36 heavy (non-hydrogen) atoms. The monoisotopic (exact) mass is 481 g/mol. The van der Waals surface area contributed by atoms with Gasteiger partial charge in [-0.15, -0.1) is 0 Å². The van der Waals surface area contributed by atoms with E-state index in [0.29, 0.717) is 24.1 Å². The smallest absolute Gasteiger partial charge is 0.338 e. The van der Waals surface area contributed by atoms with E-state index >= 15 is 0 Å². The summed E-state index contributed by atoms with van der Waals surface area (Å²) >= 11 is 0. The lowest BCUT2D eigenvalue weighted by Crippen LogP contribution is -2.31. The highest BCUT2D eigenvalue weighted by molar-refractivity contribution is 6.22. The Morgan fingerprint density at radius 1 is 0.778 bits per heavy atom. The van der Waals surface area contributed by atoms with Gasteiger partial charge in [0.05, 0.1) is 23.1 Å². The molecule has 0 aromatic heterocycles. The number of carbonyl (C=O) groups is 4. The molecule has 3 aromatic rings. The van der Waals surface area contributed by atoms with E-state index in [1.165, 1.54) is 29.5 Å². The summed E-state index contributed by atoms with van der Waals surface area (Å²) in [6.45, 7) is 1.54. The number of ether oxygens (including phenoxy) is 1. The van der Waals surface area contributed by atoms with Crippen LogP contribution in [-0.4, -0.2) is 29.7 Å². The van der Waals surface area contributed by atoms with Crippen LogP contribution < -0.4 is 4.90 Å². The van der Waals surface area contributed by atoms with Gasteiger partial charge in [0.2, 0.25) is 17.6 Å². The summed E-state index contributed by atoms with van der Waals surface area (Å²) in [6.07, 6.45) is 1.28. The van der Waals surface area contributed by atoms with Gasteiger partial charge in [0.25, 0.3) is 0 Å². The molecule has 0 radical (unpaired) electrons. The molecular weight excluding hydrogens is 454 g/mol. The van der Waals surface area contributed by atoms with Crippen molar-refractivity contribution in [3.63, 3.8) is 0 Å². The molecule has 1 saturated carbocycles. The maximum atomic E-state index is 13.3. The lowest BCUT2D eigenvalue weighted by atomic mass is 9.73. The van der Waals surface area contributed by atoms with Crippen molar-refractivity contribution >= 4 is 29.3 Å². The third-order valence-corrected chi connectivity index (χ3v) is 7.27. The Hall–Kier alpha value is -4.06. The molecule has 1 aliphatic heterocycles. The molecule has 182 valence electrons. The highest BCUT2D eigenvalue weighted by atomic mass is 16.5. The Morgan fingerprint density at radius 2 is 1.39 bits per heavy atom. The number of benzene rings is 3. The first kappa shape index (κ1) is 23.7.